The van der Waals surface area contributed by atoms with Crippen molar-refractivity contribution < 1.29 is 9.90 Å². The molecule has 1 atom stereocenters. The Kier molecular flexibility index (Phi) is 6.09. The average Bonchev–Trinajstić information content (AvgIpc) is 2.51. The zero-order chi connectivity index (χ0) is 13.6. The monoisotopic (exact) mass is 256 g/mol. The topological polar surface area (TPSA) is 75.4 Å². The highest BCUT2D eigenvalue weighted by Crippen LogP contribution is 2.26. The van der Waals surface area contributed by atoms with Crippen molar-refractivity contribution in [3.05, 3.63) is 0 Å². The van der Waals surface area contributed by atoms with Gasteiger partial charge in [-0.1, -0.05) is 39.5 Å². The molecule has 1 aliphatic rings. The fourth-order valence-electron chi connectivity index (χ4n) is 2.56. The van der Waals surface area contributed by atoms with Crippen molar-refractivity contribution >= 4 is 5.91 Å². The molecule has 106 valence electrons. The van der Waals surface area contributed by atoms with E-state index in [1.165, 1.54) is 12.8 Å². The predicted molar refractivity (Wildman–Crippen MR) is 73.1 cm³/mol. The van der Waals surface area contributed by atoms with Gasteiger partial charge in [-0.25, -0.2) is 0 Å². The highest BCUT2D eigenvalue weighted by atomic mass is 16.3. The van der Waals surface area contributed by atoms with Gasteiger partial charge in [0.15, 0.2) is 0 Å². The molecule has 1 rings (SSSR count). The molecule has 0 aromatic carbocycles. The van der Waals surface area contributed by atoms with Crippen LogP contribution in [0.25, 0.3) is 0 Å². The van der Waals surface area contributed by atoms with Gasteiger partial charge in [-0.15, -0.1) is 0 Å². The van der Waals surface area contributed by atoms with Crippen molar-refractivity contribution in [2.24, 2.45) is 11.7 Å². The molecule has 1 saturated carbocycles. The van der Waals surface area contributed by atoms with E-state index >= 15 is 0 Å². The minimum Gasteiger partial charge on any atom is -0.388 e. The van der Waals surface area contributed by atoms with Crippen molar-refractivity contribution in [2.75, 3.05) is 6.54 Å². The highest BCUT2D eigenvalue weighted by Gasteiger charge is 2.29. The van der Waals surface area contributed by atoms with Crippen molar-refractivity contribution in [3.63, 3.8) is 0 Å². The number of rotatable bonds is 5. The van der Waals surface area contributed by atoms with E-state index in [9.17, 15) is 9.90 Å². The lowest BCUT2D eigenvalue weighted by atomic mass is 9.94. The zero-order valence-corrected chi connectivity index (χ0v) is 11.7. The Labute approximate surface area is 110 Å². The first-order valence-electron chi connectivity index (χ1n) is 7.19. The van der Waals surface area contributed by atoms with Crippen LogP contribution in [0, 0.1) is 5.92 Å². The summed E-state index contributed by atoms with van der Waals surface area (Å²) in [6.07, 6.45) is 6.71. The second-order valence-corrected chi connectivity index (χ2v) is 6.09. The molecule has 4 heteroatoms. The largest absolute Gasteiger partial charge is 0.388 e. The van der Waals surface area contributed by atoms with Crippen LogP contribution in [0.1, 0.15) is 58.8 Å². The number of carbonyl (C=O) groups is 1. The van der Waals surface area contributed by atoms with Gasteiger partial charge in [0, 0.05) is 6.54 Å². The standard InChI is InChI=1S/C14H28N2O2/c1-11(2)9-12(15)13(17)16-10-14(18)7-5-3-4-6-8-14/h11-12,18H,3-10,15H2,1-2H3,(H,16,17)/t12-/m1/s1. The van der Waals surface area contributed by atoms with E-state index in [2.05, 4.69) is 5.32 Å². The summed E-state index contributed by atoms with van der Waals surface area (Å²) in [5.41, 5.74) is 5.10. The summed E-state index contributed by atoms with van der Waals surface area (Å²) in [7, 11) is 0. The van der Waals surface area contributed by atoms with Gasteiger partial charge in [-0.05, 0) is 25.2 Å². The third-order valence-corrected chi connectivity index (χ3v) is 3.69. The molecule has 1 amide bonds. The SMILES string of the molecule is CC(C)C[C@@H](N)C(=O)NCC1(O)CCCCCC1. The van der Waals surface area contributed by atoms with Crippen LogP contribution in [0.5, 0.6) is 0 Å². The maximum absolute atomic E-state index is 11.8. The second-order valence-electron chi connectivity index (χ2n) is 6.09. The molecule has 0 saturated heterocycles. The van der Waals surface area contributed by atoms with Gasteiger partial charge in [-0.3, -0.25) is 4.79 Å². The molecule has 0 aliphatic heterocycles. The van der Waals surface area contributed by atoms with Gasteiger partial charge in [0.05, 0.1) is 11.6 Å². The number of nitrogens with one attached hydrogen (secondary N) is 1. The number of hydrogen-bond donors (Lipinski definition) is 3. The first-order chi connectivity index (χ1) is 8.43. The lowest BCUT2D eigenvalue weighted by Crippen LogP contribution is -2.48. The molecule has 1 fully saturated rings. The first-order valence-corrected chi connectivity index (χ1v) is 7.19. The molecule has 4 N–H and O–H groups in total. The van der Waals surface area contributed by atoms with Gasteiger partial charge in [0.1, 0.15) is 0 Å². The Morgan fingerprint density at radius 2 is 1.83 bits per heavy atom. The quantitative estimate of drug-likeness (QED) is 0.653. The molecule has 0 aromatic heterocycles. The normalized spacial score (nSPS) is 21.4. The number of nitrogens with two attached hydrogens (primary N) is 1. The van der Waals surface area contributed by atoms with Crippen molar-refractivity contribution in [1.29, 1.82) is 0 Å². The van der Waals surface area contributed by atoms with E-state index in [1.807, 2.05) is 13.8 Å². The average molecular weight is 256 g/mol. The number of aliphatic hydroxyl groups is 1. The zero-order valence-electron chi connectivity index (χ0n) is 11.7. The van der Waals surface area contributed by atoms with Gasteiger partial charge in [-0.2, -0.15) is 0 Å². The third-order valence-electron chi connectivity index (χ3n) is 3.69. The molecule has 0 unspecified atom stereocenters. The van der Waals surface area contributed by atoms with Crippen LogP contribution in [0.2, 0.25) is 0 Å². The van der Waals surface area contributed by atoms with Crippen LogP contribution < -0.4 is 11.1 Å². The van der Waals surface area contributed by atoms with Crippen LogP contribution in [-0.4, -0.2) is 29.2 Å². The summed E-state index contributed by atoms with van der Waals surface area (Å²) in [4.78, 5) is 11.8. The van der Waals surface area contributed by atoms with E-state index in [4.69, 9.17) is 5.73 Å². The van der Waals surface area contributed by atoms with E-state index in [-0.39, 0.29) is 5.91 Å². The van der Waals surface area contributed by atoms with Crippen molar-refractivity contribution in [2.45, 2.75) is 70.4 Å². The summed E-state index contributed by atoms with van der Waals surface area (Å²) in [5, 5.41) is 13.2. The minimum atomic E-state index is -0.719. The van der Waals surface area contributed by atoms with Crippen LogP contribution in [0.4, 0.5) is 0 Å². The Morgan fingerprint density at radius 3 is 2.33 bits per heavy atom. The molecule has 4 nitrogen and oxygen atoms in total. The Balaban J connectivity index is 2.36. The fraction of sp³-hybridized carbons (Fsp3) is 0.929. The lowest BCUT2D eigenvalue weighted by molar-refractivity contribution is -0.124. The molecule has 0 bridgehead atoms. The molecule has 0 heterocycles. The van der Waals surface area contributed by atoms with E-state index in [0.29, 0.717) is 18.9 Å². The van der Waals surface area contributed by atoms with Crippen LogP contribution in [-0.2, 0) is 4.79 Å². The maximum atomic E-state index is 11.8. The lowest BCUT2D eigenvalue weighted by Gasteiger charge is -2.27. The van der Waals surface area contributed by atoms with Gasteiger partial charge < -0.3 is 16.2 Å². The number of carbonyl (C=O) groups excluding carboxylic acids is 1. The highest BCUT2D eigenvalue weighted by molar-refractivity contribution is 5.81. The van der Waals surface area contributed by atoms with Crippen molar-refractivity contribution in [3.8, 4) is 0 Å². The molecule has 0 aromatic rings. The molecule has 0 radical (unpaired) electrons. The molecule has 0 spiro atoms. The minimum absolute atomic E-state index is 0.138. The molecule has 1 aliphatic carbocycles. The Hall–Kier alpha value is -0.610. The Morgan fingerprint density at radius 1 is 1.28 bits per heavy atom. The van der Waals surface area contributed by atoms with E-state index in [0.717, 1.165) is 25.7 Å². The van der Waals surface area contributed by atoms with Crippen molar-refractivity contribution in [1.82, 2.24) is 5.32 Å². The molecular weight excluding hydrogens is 228 g/mol. The van der Waals surface area contributed by atoms with Crippen LogP contribution in [0.3, 0.4) is 0 Å². The number of hydrogen-bond acceptors (Lipinski definition) is 3. The first kappa shape index (κ1) is 15.4. The third kappa shape index (κ3) is 5.36. The molecular formula is C14H28N2O2. The van der Waals surface area contributed by atoms with Crippen LogP contribution in [0.15, 0.2) is 0 Å². The molecule has 18 heavy (non-hydrogen) atoms. The van der Waals surface area contributed by atoms with Gasteiger partial charge >= 0.3 is 0 Å². The second kappa shape index (κ2) is 7.10. The fourth-order valence-corrected chi connectivity index (χ4v) is 2.56. The van der Waals surface area contributed by atoms with E-state index < -0.39 is 11.6 Å². The summed E-state index contributed by atoms with van der Waals surface area (Å²) < 4.78 is 0. The van der Waals surface area contributed by atoms with Gasteiger partial charge in [0.2, 0.25) is 5.91 Å². The summed E-state index contributed by atoms with van der Waals surface area (Å²) in [5.74, 6) is 0.271. The van der Waals surface area contributed by atoms with Crippen LogP contribution >= 0.6 is 0 Å². The predicted octanol–water partition coefficient (Wildman–Crippen LogP) is 1.56. The van der Waals surface area contributed by atoms with Gasteiger partial charge in [0.25, 0.3) is 0 Å². The smallest absolute Gasteiger partial charge is 0.237 e. The number of amides is 1. The summed E-state index contributed by atoms with van der Waals surface area (Å²) in [6, 6.07) is -0.459. The summed E-state index contributed by atoms with van der Waals surface area (Å²) in [6.45, 7) is 4.44. The maximum Gasteiger partial charge on any atom is 0.237 e. The summed E-state index contributed by atoms with van der Waals surface area (Å²) >= 11 is 0. The van der Waals surface area contributed by atoms with E-state index in [1.54, 1.807) is 0 Å². The Bertz CT molecular complexity index is 259.